The molecule has 0 unspecified atom stereocenters. The van der Waals surface area contributed by atoms with Crippen LogP contribution in [0.5, 0.6) is 0 Å². The van der Waals surface area contributed by atoms with Crippen molar-refractivity contribution < 1.29 is 9.53 Å². The fourth-order valence-corrected chi connectivity index (χ4v) is 1.60. The Labute approximate surface area is 115 Å². The molecule has 2 aromatic rings. The first kappa shape index (κ1) is 13.8. The summed E-state index contributed by atoms with van der Waals surface area (Å²) in [5, 5.41) is 10.6. The lowest BCUT2D eigenvalue weighted by atomic mass is 10.2. The molecule has 0 aromatic carbocycles. The minimum Gasteiger partial charge on any atom is -0.462 e. The van der Waals surface area contributed by atoms with E-state index in [4.69, 9.17) is 10.5 Å². The van der Waals surface area contributed by atoms with Gasteiger partial charge in [-0.25, -0.2) is 9.78 Å². The molecule has 2 rings (SSSR count). The van der Waals surface area contributed by atoms with E-state index >= 15 is 0 Å². The Kier molecular flexibility index (Phi) is 4.48. The van der Waals surface area contributed by atoms with E-state index in [-0.39, 0.29) is 0 Å². The number of esters is 1. The van der Waals surface area contributed by atoms with Gasteiger partial charge in [-0.1, -0.05) is 5.21 Å². The molecule has 3 N–H and O–H groups in total. The smallest absolute Gasteiger partial charge is 0.340 e. The van der Waals surface area contributed by atoms with Gasteiger partial charge in [0.05, 0.1) is 36.8 Å². The molecule has 8 nitrogen and oxygen atoms in total. The quantitative estimate of drug-likeness (QED) is 0.741. The van der Waals surface area contributed by atoms with Crippen molar-refractivity contribution in [2.24, 2.45) is 0 Å². The molecule has 2 aromatic heterocycles. The van der Waals surface area contributed by atoms with Gasteiger partial charge in [0.25, 0.3) is 0 Å². The largest absolute Gasteiger partial charge is 0.462 e. The van der Waals surface area contributed by atoms with E-state index in [0.29, 0.717) is 36.8 Å². The van der Waals surface area contributed by atoms with Crippen LogP contribution in [0.1, 0.15) is 17.3 Å². The van der Waals surface area contributed by atoms with Gasteiger partial charge in [-0.05, 0) is 13.0 Å². The van der Waals surface area contributed by atoms with E-state index in [1.165, 1.54) is 6.20 Å². The van der Waals surface area contributed by atoms with Crippen LogP contribution in [0, 0.1) is 0 Å². The fraction of sp³-hybridized carbons (Fsp3) is 0.333. The van der Waals surface area contributed by atoms with Crippen molar-refractivity contribution in [1.82, 2.24) is 20.0 Å². The topological polar surface area (TPSA) is 108 Å². The number of carbonyl (C=O) groups excluding carboxylic acids is 1. The van der Waals surface area contributed by atoms with Gasteiger partial charge < -0.3 is 15.8 Å². The molecule has 0 amide bonds. The third-order valence-corrected chi connectivity index (χ3v) is 2.55. The minimum atomic E-state index is -0.452. The number of hydrogen-bond acceptors (Lipinski definition) is 7. The zero-order chi connectivity index (χ0) is 14.4. The van der Waals surface area contributed by atoms with Crippen molar-refractivity contribution in [2.45, 2.75) is 13.5 Å². The number of carbonyl (C=O) groups is 1. The van der Waals surface area contributed by atoms with Crippen molar-refractivity contribution in [3.05, 3.63) is 30.2 Å². The van der Waals surface area contributed by atoms with Crippen molar-refractivity contribution >= 4 is 17.5 Å². The Hall–Kier alpha value is -2.64. The Morgan fingerprint density at radius 2 is 2.40 bits per heavy atom. The highest BCUT2D eigenvalue weighted by Gasteiger charge is 2.12. The zero-order valence-corrected chi connectivity index (χ0v) is 11.1. The van der Waals surface area contributed by atoms with E-state index in [2.05, 4.69) is 20.6 Å². The summed E-state index contributed by atoms with van der Waals surface area (Å²) < 4.78 is 6.62. The number of anilines is 2. The highest BCUT2D eigenvalue weighted by molar-refractivity contribution is 5.95. The first-order chi connectivity index (χ1) is 9.70. The molecule has 0 spiro atoms. The molecule has 0 fully saturated rings. The van der Waals surface area contributed by atoms with Gasteiger partial charge in [-0.2, -0.15) is 0 Å². The number of pyridine rings is 1. The van der Waals surface area contributed by atoms with Gasteiger partial charge in [-0.3, -0.25) is 4.68 Å². The van der Waals surface area contributed by atoms with Crippen molar-refractivity contribution in [2.75, 3.05) is 24.2 Å². The lowest BCUT2D eigenvalue weighted by Crippen LogP contribution is -2.14. The average molecular weight is 276 g/mol. The number of nitrogens with two attached hydrogens (primary N) is 1. The van der Waals surface area contributed by atoms with E-state index in [9.17, 15) is 4.79 Å². The predicted octanol–water partition coefficient (Wildman–Crippen LogP) is 0.544. The molecular formula is C12H16N6O2. The lowest BCUT2D eigenvalue weighted by Gasteiger charge is -2.09. The van der Waals surface area contributed by atoms with Crippen LogP contribution in [0.15, 0.2) is 24.7 Å². The first-order valence-electron chi connectivity index (χ1n) is 6.21. The first-order valence-corrected chi connectivity index (χ1v) is 6.21. The lowest BCUT2D eigenvalue weighted by molar-refractivity contribution is 0.0527. The standard InChI is InChI=1S/C12H16N6O2/c1-2-20-12(19)9-7-11(15-8-10(9)13)14-3-5-18-6-4-16-17-18/h4,6-8H,2-3,5,13H2,1H3,(H,14,15). The number of rotatable bonds is 6. The minimum absolute atomic E-state index is 0.297. The molecule has 0 saturated heterocycles. The molecule has 2 heterocycles. The van der Waals surface area contributed by atoms with E-state index in [0.717, 1.165) is 0 Å². The molecule has 0 aliphatic heterocycles. The molecule has 0 atom stereocenters. The summed E-state index contributed by atoms with van der Waals surface area (Å²) in [6.07, 6.45) is 4.81. The Morgan fingerprint density at radius 3 is 3.10 bits per heavy atom. The molecule has 0 bridgehead atoms. The maximum atomic E-state index is 11.7. The monoisotopic (exact) mass is 276 g/mol. The van der Waals surface area contributed by atoms with Crippen LogP contribution in [-0.4, -0.2) is 39.1 Å². The highest BCUT2D eigenvalue weighted by atomic mass is 16.5. The van der Waals surface area contributed by atoms with Crippen LogP contribution in [0.4, 0.5) is 11.5 Å². The second kappa shape index (κ2) is 6.50. The van der Waals surface area contributed by atoms with Crippen molar-refractivity contribution in [1.29, 1.82) is 0 Å². The van der Waals surface area contributed by atoms with Gasteiger partial charge in [0.1, 0.15) is 5.82 Å². The normalized spacial score (nSPS) is 10.2. The number of nitrogens with one attached hydrogen (secondary N) is 1. The van der Waals surface area contributed by atoms with Crippen LogP contribution < -0.4 is 11.1 Å². The Morgan fingerprint density at radius 1 is 1.55 bits per heavy atom. The zero-order valence-electron chi connectivity index (χ0n) is 11.1. The summed E-state index contributed by atoms with van der Waals surface area (Å²) in [7, 11) is 0. The third kappa shape index (κ3) is 3.44. The van der Waals surface area contributed by atoms with Gasteiger partial charge >= 0.3 is 5.97 Å². The summed E-state index contributed by atoms with van der Waals surface area (Å²) >= 11 is 0. The van der Waals surface area contributed by atoms with Crippen LogP contribution in [0.25, 0.3) is 0 Å². The second-order valence-electron chi connectivity index (χ2n) is 3.97. The molecule has 20 heavy (non-hydrogen) atoms. The number of ether oxygens (including phenoxy) is 1. The van der Waals surface area contributed by atoms with Gasteiger partial charge in [-0.15, -0.1) is 5.10 Å². The molecule has 106 valence electrons. The summed E-state index contributed by atoms with van der Waals surface area (Å²) in [4.78, 5) is 15.8. The third-order valence-electron chi connectivity index (χ3n) is 2.55. The Balaban J connectivity index is 1.98. The summed E-state index contributed by atoms with van der Waals surface area (Å²) in [6.45, 7) is 3.28. The molecule has 0 radical (unpaired) electrons. The summed E-state index contributed by atoms with van der Waals surface area (Å²) in [6, 6.07) is 1.58. The Bertz CT molecular complexity index is 569. The van der Waals surface area contributed by atoms with Crippen molar-refractivity contribution in [3.63, 3.8) is 0 Å². The molecule has 0 saturated carbocycles. The van der Waals surface area contributed by atoms with Crippen LogP contribution >= 0.6 is 0 Å². The van der Waals surface area contributed by atoms with Crippen LogP contribution in [0.3, 0.4) is 0 Å². The maximum Gasteiger partial charge on any atom is 0.340 e. The summed E-state index contributed by atoms with van der Waals surface area (Å²) in [5.74, 6) is 0.106. The molecular weight excluding hydrogens is 260 g/mol. The number of hydrogen-bond donors (Lipinski definition) is 2. The van der Waals surface area contributed by atoms with Gasteiger partial charge in [0, 0.05) is 12.7 Å². The number of nitrogens with zero attached hydrogens (tertiary/aromatic N) is 4. The highest BCUT2D eigenvalue weighted by Crippen LogP contribution is 2.15. The second-order valence-corrected chi connectivity index (χ2v) is 3.97. The van der Waals surface area contributed by atoms with Crippen LogP contribution in [-0.2, 0) is 11.3 Å². The molecule has 8 heteroatoms. The molecule has 0 aliphatic rings. The van der Waals surface area contributed by atoms with E-state index in [1.807, 2.05) is 0 Å². The summed E-state index contributed by atoms with van der Waals surface area (Å²) in [5.41, 5.74) is 6.32. The number of nitrogen functional groups attached to an aromatic ring is 1. The average Bonchev–Trinajstić information content (AvgIpc) is 2.94. The fourth-order valence-electron chi connectivity index (χ4n) is 1.60. The predicted molar refractivity (Wildman–Crippen MR) is 73.1 cm³/mol. The van der Waals surface area contributed by atoms with Gasteiger partial charge in [0.2, 0.25) is 0 Å². The molecule has 0 aliphatic carbocycles. The SMILES string of the molecule is CCOC(=O)c1cc(NCCn2ccnn2)ncc1N. The van der Waals surface area contributed by atoms with Crippen molar-refractivity contribution in [3.8, 4) is 0 Å². The number of aromatic nitrogens is 4. The van der Waals surface area contributed by atoms with Gasteiger partial charge in [0.15, 0.2) is 0 Å². The van der Waals surface area contributed by atoms with E-state index in [1.54, 1.807) is 30.1 Å². The maximum absolute atomic E-state index is 11.7. The van der Waals surface area contributed by atoms with Crippen LogP contribution in [0.2, 0.25) is 0 Å². The van der Waals surface area contributed by atoms with E-state index < -0.39 is 5.97 Å².